The summed E-state index contributed by atoms with van der Waals surface area (Å²) >= 11 is 0. The van der Waals surface area contributed by atoms with Gasteiger partial charge in [-0.05, 0) is 43.5 Å². The van der Waals surface area contributed by atoms with Gasteiger partial charge in [-0.3, -0.25) is 0 Å². The number of piperidine rings is 1. The Kier molecular flexibility index (Phi) is 5.56. The van der Waals surface area contributed by atoms with Gasteiger partial charge in [0.15, 0.2) is 0 Å². The molecule has 1 saturated heterocycles. The highest BCUT2D eigenvalue weighted by molar-refractivity contribution is 5.67. The monoisotopic (exact) mass is 294 g/mol. The van der Waals surface area contributed by atoms with Crippen LogP contribution >= 0.6 is 0 Å². The third-order valence-electron chi connectivity index (χ3n) is 3.89. The number of likely N-dealkylation sites (N-methyl/N-ethyl adjacent to an activating group) is 1. The largest absolute Gasteiger partial charge is 0.450 e. The number of nitrogens with zero attached hydrogens (tertiary/aromatic N) is 1. The Balaban J connectivity index is 2.06. The maximum absolute atomic E-state index is 13.4. The molecule has 2 atom stereocenters. The second kappa shape index (κ2) is 7.41. The lowest BCUT2D eigenvalue weighted by molar-refractivity contribution is 0.131. The van der Waals surface area contributed by atoms with E-state index >= 15 is 0 Å². The number of alkyl carbamates (subject to hydrolysis) is 1. The lowest BCUT2D eigenvalue weighted by atomic mass is 9.88. The van der Waals surface area contributed by atoms with Gasteiger partial charge in [-0.2, -0.15) is 0 Å². The van der Waals surface area contributed by atoms with Crippen LogP contribution in [-0.4, -0.2) is 43.3 Å². The van der Waals surface area contributed by atoms with Gasteiger partial charge in [-0.1, -0.05) is 19.1 Å². The van der Waals surface area contributed by atoms with E-state index in [2.05, 4.69) is 17.1 Å². The number of benzene rings is 1. The molecule has 1 heterocycles. The molecular formula is C16H23FN2O2. The Morgan fingerprint density at radius 3 is 2.90 bits per heavy atom. The predicted octanol–water partition coefficient (Wildman–Crippen LogP) is 2.75. The Labute approximate surface area is 125 Å². The van der Waals surface area contributed by atoms with Gasteiger partial charge in [-0.25, -0.2) is 9.18 Å². The van der Waals surface area contributed by atoms with Crippen LogP contribution in [-0.2, 0) is 4.74 Å². The van der Waals surface area contributed by atoms with Crippen LogP contribution in [0.2, 0.25) is 0 Å². The molecule has 4 nitrogen and oxygen atoms in total. The first-order valence-electron chi connectivity index (χ1n) is 7.53. The smallest absolute Gasteiger partial charge is 0.407 e. The van der Waals surface area contributed by atoms with Crippen molar-refractivity contribution in [1.29, 1.82) is 0 Å². The molecule has 0 bridgehead atoms. The molecule has 0 spiro atoms. The normalized spacial score (nSPS) is 22.8. The van der Waals surface area contributed by atoms with E-state index in [0.717, 1.165) is 31.6 Å². The zero-order chi connectivity index (χ0) is 15.2. The van der Waals surface area contributed by atoms with E-state index in [4.69, 9.17) is 4.74 Å². The van der Waals surface area contributed by atoms with Crippen molar-refractivity contribution in [2.24, 2.45) is 0 Å². The van der Waals surface area contributed by atoms with Crippen LogP contribution in [0.4, 0.5) is 9.18 Å². The summed E-state index contributed by atoms with van der Waals surface area (Å²) in [5.74, 6) is 0.0114. The molecule has 0 radical (unpaired) electrons. The average Bonchev–Trinajstić information content (AvgIpc) is 2.47. The minimum Gasteiger partial charge on any atom is -0.450 e. The van der Waals surface area contributed by atoms with Gasteiger partial charge < -0.3 is 15.0 Å². The summed E-state index contributed by atoms with van der Waals surface area (Å²) < 4.78 is 18.4. The van der Waals surface area contributed by atoms with Crippen LogP contribution in [0.1, 0.15) is 31.7 Å². The number of ether oxygens (including phenoxy) is 1. The maximum atomic E-state index is 13.4. The fraction of sp³-hybridized carbons (Fsp3) is 0.562. The highest BCUT2D eigenvalue weighted by atomic mass is 19.1. The highest BCUT2D eigenvalue weighted by Crippen LogP contribution is 2.27. The van der Waals surface area contributed by atoms with Crippen LogP contribution in [0.3, 0.4) is 0 Å². The molecule has 1 N–H and O–H groups in total. The topological polar surface area (TPSA) is 41.6 Å². The lowest BCUT2D eigenvalue weighted by Gasteiger charge is -2.37. The quantitative estimate of drug-likeness (QED) is 0.928. The van der Waals surface area contributed by atoms with Gasteiger partial charge in [0.05, 0.1) is 6.61 Å². The molecule has 1 aliphatic heterocycles. The summed E-state index contributed by atoms with van der Waals surface area (Å²) in [5, 5.41) is 2.90. The molecule has 2 rings (SSSR count). The van der Waals surface area contributed by atoms with Crippen molar-refractivity contribution in [1.82, 2.24) is 10.2 Å². The van der Waals surface area contributed by atoms with Gasteiger partial charge in [0, 0.05) is 19.1 Å². The molecule has 1 fully saturated rings. The summed E-state index contributed by atoms with van der Waals surface area (Å²) in [6.07, 6.45) is 0.428. The SMILES string of the molecule is CCOC(=O)NC1CC(c2cccc(F)c2)CN(CC)C1. The summed E-state index contributed by atoms with van der Waals surface area (Å²) in [6.45, 7) is 6.85. The number of carbonyl (C=O) groups excluding carboxylic acids is 1. The fourth-order valence-corrected chi connectivity index (χ4v) is 2.89. The highest BCUT2D eigenvalue weighted by Gasteiger charge is 2.28. The van der Waals surface area contributed by atoms with E-state index in [1.165, 1.54) is 6.07 Å². The Morgan fingerprint density at radius 1 is 1.43 bits per heavy atom. The molecular weight excluding hydrogens is 271 g/mol. The zero-order valence-electron chi connectivity index (χ0n) is 12.6. The second-order valence-electron chi connectivity index (χ2n) is 5.40. The minimum absolute atomic E-state index is 0.0333. The summed E-state index contributed by atoms with van der Waals surface area (Å²) in [6, 6.07) is 6.77. The number of hydrogen-bond acceptors (Lipinski definition) is 3. The standard InChI is InChI=1S/C16H23FN2O2/c1-3-19-10-13(12-6-5-7-14(17)8-12)9-15(11-19)18-16(20)21-4-2/h5-8,13,15H,3-4,9-11H2,1-2H3,(H,18,20). The van der Waals surface area contributed by atoms with E-state index in [0.29, 0.717) is 6.61 Å². The average molecular weight is 294 g/mol. The number of likely N-dealkylation sites (tertiary alicyclic amines) is 1. The van der Waals surface area contributed by atoms with Crippen molar-refractivity contribution in [2.75, 3.05) is 26.2 Å². The van der Waals surface area contributed by atoms with Crippen LogP contribution in [0, 0.1) is 5.82 Å². The first kappa shape index (κ1) is 15.8. The number of carbonyl (C=O) groups is 1. The first-order chi connectivity index (χ1) is 10.1. The number of nitrogens with one attached hydrogen (secondary N) is 1. The molecule has 1 aromatic carbocycles. The van der Waals surface area contributed by atoms with E-state index in [1.807, 2.05) is 6.07 Å². The number of halogens is 1. The molecule has 116 valence electrons. The van der Waals surface area contributed by atoms with Gasteiger partial charge >= 0.3 is 6.09 Å². The fourth-order valence-electron chi connectivity index (χ4n) is 2.89. The number of amides is 1. The van der Waals surface area contributed by atoms with E-state index in [9.17, 15) is 9.18 Å². The van der Waals surface area contributed by atoms with Crippen molar-refractivity contribution < 1.29 is 13.9 Å². The van der Waals surface area contributed by atoms with Crippen molar-refractivity contribution in [3.63, 3.8) is 0 Å². The van der Waals surface area contributed by atoms with Gasteiger partial charge in [0.25, 0.3) is 0 Å². The van der Waals surface area contributed by atoms with Crippen LogP contribution in [0.25, 0.3) is 0 Å². The van der Waals surface area contributed by atoms with Crippen molar-refractivity contribution in [3.8, 4) is 0 Å². The molecule has 1 aromatic rings. The Hall–Kier alpha value is -1.62. The minimum atomic E-state index is -0.376. The van der Waals surface area contributed by atoms with Crippen molar-refractivity contribution in [3.05, 3.63) is 35.6 Å². The third kappa shape index (κ3) is 4.43. The van der Waals surface area contributed by atoms with Gasteiger partial charge in [0.2, 0.25) is 0 Å². The van der Waals surface area contributed by atoms with Gasteiger partial charge in [0.1, 0.15) is 5.82 Å². The van der Waals surface area contributed by atoms with Crippen molar-refractivity contribution in [2.45, 2.75) is 32.2 Å². The number of hydrogen-bond donors (Lipinski definition) is 1. The molecule has 0 saturated carbocycles. The van der Waals surface area contributed by atoms with Crippen LogP contribution < -0.4 is 5.32 Å². The van der Waals surface area contributed by atoms with E-state index in [-0.39, 0.29) is 23.9 Å². The summed E-state index contributed by atoms with van der Waals surface area (Å²) in [4.78, 5) is 13.9. The van der Waals surface area contributed by atoms with Crippen LogP contribution in [0.15, 0.2) is 24.3 Å². The van der Waals surface area contributed by atoms with Gasteiger partial charge in [-0.15, -0.1) is 0 Å². The molecule has 1 aliphatic rings. The molecule has 0 aromatic heterocycles. The predicted molar refractivity (Wildman–Crippen MR) is 79.8 cm³/mol. The van der Waals surface area contributed by atoms with E-state index < -0.39 is 0 Å². The third-order valence-corrected chi connectivity index (χ3v) is 3.89. The maximum Gasteiger partial charge on any atom is 0.407 e. The molecule has 0 aliphatic carbocycles. The first-order valence-corrected chi connectivity index (χ1v) is 7.53. The molecule has 5 heteroatoms. The summed E-state index contributed by atoms with van der Waals surface area (Å²) in [7, 11) is 0. The van der Waals surface area contributed by atoms with Crippen molar-refractivity contribution >= 4 is 6.09 Å². The molecule has 21 heavy (non-hydrogen) atoms. The number of rotatable bonds is 4. The van der Waals surface area contributed by atoms with E-state index in [1.54, 1.807) is 19.1 Å². The lowest BCUT2D eigenvalue weighted by Crippen LogP contribution is -2.50. The summed E-state index contributed by atoms with van der Waals surface area (Å²) in [5.41, 5.74) is 0.990. The zero-order valence-corrected chi connectivity index (χ0v) is 12.6. The Morgan fingerprint density at radius 2 is 2.24 bits per heavy atom. The Bertz CT molecular complexity index is 481. The molecule has 1 amide bonds. The second-order valence-corrected chi connectivity index (χ2v) is 5.40. The van der Waals surface area contributed by atoms with Crippen LogP contribution in [0.5, 0.6) is 0 Å². The molecule has 2 unspecified atom stereocenters.